The van der Waals surface area contributed by atoms with Crippen LogP contribution in [-0.2, 0) is 26.8 Å². The number of H-pyrrole nitrogens is 2. The molecular formula is C44H46F2N8O4. The molecule has 3 aliphatic carbocycles. The van der Waals surface area contributed by atoms with Crippen LogP contribution in [0.3, 0.4) is 0 Å². The highest BCUT2D eigenvalue weighted by Crippen LogP contribution is 2.57. The Balaban J connectivity index is 0.928. The molecule has 1 saturated heterocycles. The lowest BCUT2D eigenvalue weighted by molar-refractivity contribution is -0.135. The van der Waals surface area contributed by atoms with Gasteiger partial charge in [0.25, 0.3) is 5.92 Å². The number of carbonyl (C=O) groups is 3. The number of alkyl halides is 2. The zero-order chi connectivity index (χ0) is 40.3. The van der Waals surface area contributed by atoms with Crippen molar-refractivity contribution in [2.45, 2.75) is 76.4 Å². The number of carbonyl (C=O) groups excluding carboxylic acids is 3. The fourth-order valence-corrected chi connectivity index (χ4v) is 9.93. The van der Waals surface area contributed by atoms with Crippen LogP contribution in [0.15, 0.2) is 73.3 Å². The van der Waals surface area contributed by atoms with Gasteiger partial charge in [-0.05, 0) is 84.7 Å². The van der Waals surface area contributed by atoms with E-state index in [0.29, 0.717) is 64.9 Å². The van der Waals surface area contributed by atoms with Crippen LogP contribution < -0.4 is 10.6 Å². The molecule has 5 aromatic rings. The number of rotatable bonds is 10. The summed E-state index contributed by atoms with van der Waals surface area (Å²) in [4.78, 5) is 61.1. The van der Waals surface area contributed by atoms with Gasteiger partial charge in [0.1, 0.15) is 17.7 Å². The molecule has 12 nitrogen and oxygen atoms in total. The molecule has 3 aromatic heterocycles. The third kappa shape index (κ3) is 6.51. The summed E-state index contributed by atoms with van der Waals surface area (Å²) in [7, 11) is 1.26. The van der Waals surface area contributed by atoms with Crippen molar-refractivity contribution in [2.75, 3.05) is 13.7 Å². The first kappa shape index (κ1) is 37.6. The van der Waals surface area contributed by atoms with Crippen LogP contribution in [0, 0.1) is 23.7 Å². The molecule has 300 valence electrons. The Morgan fingerprint density at radius 2 is 1.59 bits per heavy atom. The number of pyridine rings is 1. The van der Waals surface area contributed by atoms with Crippen LogP contribution in [0.5, 0.6) is 0 Å². The number of alkyl carbamates (subject to hydrolysis) is 1. The summed E-state index contributed by atoms with van der Waals surface area (Å²) in [6.07, 6.45) is 10.5. The summed E-state index contributed by atoms with van der Waals surface area (Å²) < 4.78 is 37.7. The predicted molar refractivity (Wildman–Crippen MR) is 211 cm³/mol. The minimum absolute atomic E-state index is 0.0139. The minimum Gasteiger partial charge on any atom is -0.453 e. The highest BCUT2D eigenvalue weighted by atomic mass is 19.3. The van der Waals surface area contributed by atoms with Gasteiger partial charge in [0.05, 0.1) is 42.9 Å². The number of aromatic amines is 2. The van der Waals surface area contributed by atoms with Crippen molar-refractivity contribution in [1.82, 2.24) is 40.5 Å². The lowest BCUT2D eigenvalue weighted by Gasteiger charge is -2.30. The Hall–Kier alpha value is -5.92. The molecule has 3 amide bonds. The maximum Gasteiger partial charge on any atom is 0.407 e. The average Bonchev–Trinajstić information content (AvgIpc) is 4.10. The van der Waals surface area contributed by atoms with Gasteiger partial charge in [-0.25, -0.2) is 14.8 Å². The van der Waals surface area contributed by atoms with Gasteiger partial charge in [0.2, 0.25) is 11.8 Å². The molecule has 3 unspecified atom stereocenters. The first-order valence-corrected chi connectivity index (χ1v) is 20.1. The molecule has 14 heteroatoms. The van der Waals surface area contributed by atoms with E-state index in [1.165, 1.54) is 13.2 Å². The largest absolute Gasteiger partial charge is 0.453 e. The number of amides is 3. The van der Waals surface area contributed by atoms with Crippen molar-refractivity contribution < 1.29 is 27.9 Å². The van der Waals surface area contributed by atoms with Gasteiger partial charge in [-0.2, -0.15) is 8.78 Å². The van der Waals surface area contributed by atoms with Crippen LogP contribution >= 0.6 is 0 Å². The predicted octanol–water partition coefficient (Wildman–Crippen LogP) is 7.47. The number of ether oxygens (including phenoxy) is 1. The van der Waals surface area contributed by atoms with E-state index in [4.69, 9.17) is 9.72 Å². The normalized spacial score (nSPS) is 23.1. The Kier molecular flexibility index (Phi) is 9.60. The number of fused-ring (bicyclic) bond motifs is 5. The number of aromatic nitrogens is 5. The van der Waals surface area contributed by atoms with Gasteiger partial charge in [-0.3, -0.25) is 14.6 Å². The van der Waals surface area contributed by atoms with E-state index in [1.54, 1.807) is 47.9 Å². The Morgan fingerprint density at radius 1 is 0.914 bits per heavy atom. The Morgan fingerprint density at radius 3 is 2.24 bits per heavy atom. The molecule has 2 bridgehead atoms. The van der Waals surface area contributed by atoms with Crippen molar-refractivity contribution in [3.8, 4) is 33.6 Å². The van der Waals surface area contributed by atoms with E-state index in [0.717, 1.165) is 37.1 Å². The maximum absolute atomic E-state index is 16.5. The van der Waals surface area contributed by atoms with E-state index in [9.17, 15) is 14.4 Å². The average molecular weight is 789 g/mol. The molecule has 0 radical (unpaired) electrons. The summed E-state index contributed by atoms with van der Waals surface area (Å²) >= 11 is 0. The molecule has 4 aliphatic rings. The van der Waals surface area contributed by atoms with Gasteiger partial charge in [-0.1, -0.05) is 44.2 Å². The summed E-state index contributed by atoms with van der Waals surface area (Å²) in [6.45, 7) is 4.62. The summed E-state index contributed by atoms with van der Waals surface area (Å²) in [5, 5.41) is 5.77. The number of likely N-dealkylation sites (tertiary alicyclic amines) is 1. The second kappa shape index (κ2) is 14.8. The van der Waals surface area contributed by atoms with Crippen LogP contribution in [-0.4, -0.2) is 67.4 Å². The lowest BCUT2D eigenvalue weighted by Crippen LogP contribution is -2.51. The van der Waals surface area contributed by atoms with Gasteiger partial charge < -0.3 is 30.2 Å². The van der Waals surface area contributed by atoms with E-state index < -0.39 is 18.1 Å². The first-order valence-electron chi connectivity index (χ1n) is 20.1. The molecule has 6 atom stereocenters. The fraction of sp³-hybridized carbons (Fsp3) is 0.409. The number of nitrogens with one attached hydrogen (secondary N) is 4. The topological polar surface area (TPSA) is 158 Å². The van der Waals surface area contributed by atoms with E-state index in [2.05, 4.69) is 30.6 Å². The molecular weight excluding hydrogens is 743 g/mol. The number of nitrogens with zero attached hydrogens (tertiary/aromatic N) is 4. The maximum atomic E-state index is 16.5. The van der Waals surface area contributed by atoms with Crippen molar-refractivity contribution in [3.63, 3.8) is 0 Å². The number of benzene rings is 2. The van der Waals surface area contributed by atoms with Crippen molar-refractivity contribution in [2.24, 2.45) is 23.7 Å². The summed E-state index contributed by atoms with van der Waals surface area (Å²) in [5.41, 5.74) is 4.05. The molecule has 2 aromatic carbocycles. The Labute approximate surface area is 334 Å². The SMILES string of the molecule is COC(=O)N[C@H](C(=O)N1CCC[C@H]1c1ncc(-c2ccc3c(c2)C(F)(F)c2cc(-c4cnc(C5C6CCC(C6)[C@H]5C(=O)NCc5cccnc5)[nH]4)ccc2-3)[nH]1)C(C)C. The number of hydrogen-bond acceptors (Lipinski definition) is 7. The molecule has 9 rings (SSSR count). The van der Waals surface area contributed by atoms with Crippen LogP contribution in [0.1, 0.15) is 86.3 Å². The molecule has 58 heavy (non-hydrogen) atoms. The van der Waals surface area contributed by atoms with Crippen molar-refractivity contribution in [1.29, 1.82) is 0 Å². The fourth-order valence-electron chi connectivity index (χ4n) is 9.93. The van der Waals surface area contributed by atoms with Gasteiger partial charge in [-0.15, -0.1) is 0 Å². The third-order valence-corrected chi connectivity index (χ3v) is 12.8. The highest BCUT2D eigenvalue weighted by Gasteiger charge is 2.52. The van der Waals surface area contributed by atoms with E-state index >= 15 is 8.78 Å². The van der Waals surface area contributed by atoms with Crippen LogP contribution in [0.25, 0.3) is 33.6 Å². The second-order valence-corrected chi connectivity index (χ2v) is 16.5. The zero-order valence-electron chi connectivity index (χ0n) is 32.6. The smallest absolute Gasteiger partial charge is 0.407 e. The summed E-state index contributed by atoms with van der Waals surface area (Å²) in [6, 6.07) is 12.8. The lowest BCUT2D eigenvalue weighted by atomic mass is 9.78. The van der Waals surface area contributed by atoms with Crippen molar-refractivity contribution in [3.05, 3.63) is 102 Å². The van der Waals surface area contributed by atoms with Crippen LogP contribution in [0.2, 0.25) is 0 Å². The molecule has 1 aliphatic heterocycles. The summed E-state index contributed by atoms with van der Waals surface area (Å²) in [5.74, 6) is -2.02. The van der Waals surface area contributed by atoms with Gasteiger partial charge in [0, 0.05) is 53.7 Å². The number of imidazole rings is 2. The zero-order valence-corrected chi connectivity index (χ0v) is 32.6. The van der Waals surface area contributed by atoms with Crippen molar-refractivity contribution >= 4 is 17.9 Å². The molecule has 0 spiro atoms. The van der Waals surface area contributed by atoms with E-state index in [1.807, 2.05) is 38.1 Å². The molecule has 2 saturated carbocycles. The molecule has 4 heterocycles. The first-order chi connectivity index (χ1) is 28.0. The number of methoxy groups -OCH3 is 1. The highest BCUT2D eigenvalue weighted by molar-refractivity contribution is 5.87. The quantitative estimate of drug-likeness (QED) is 0.114. The van der Waals surface area contributed by atoms with Gasteiger partial charge >= 0.3 is 6.09 Å². The monoisotopic (exact) mass is 788 g/mol. The minimum atomic E-state index is -3.27. The molecule has 3 fully saturated rings. The third-order valence-electron chi connectivity index (χ3n) is 12.8. The number of halogens is 2. The Bertz CT molecular complexity index is 2380. The number of hydrogen-bond donors (Lipinski definition) is 4. The second-order valence-electron chi connectivity index (χ2n) is 16.5. The van der Waals surface area contributed by atoms with E-state index in [-0.39, 0.29) is 52.7 Å². The standard InChI is InChI=1S/C44H46F2N8O4/c1-23(2)38(53-43(57)58-3)42(56)54-15-5-7-35(54)39-48-21-33(51-39)25-10-12-29-30-13-11-26(18-32(30)44(45,46)31(29)17-25)34-22-49-40(52-34)36-27-8-9-28(16-27)37(36)41(55)50-20-24-6-4-14-47-19-24/h4,6,10-14,17-19,21-23,27-28,35-38H,5,7-9,15-16,20H2,1-3H3,(H,48,51)(H,49,52)(H,50,55)(H,53,57)/t27?,28?,35-,36?,37+,38-/m0/s1. The van der Waals surface area contributed by atoms with Gasteiger partial charge in [0.15, 0.2) is 0 Å². The molecule has 4 N–H and O–H groups in total. The van der Waals surface area contributed by atoms with Crippen LogP contribution in [0.4, 0.5) is 13.6 Å².